The van der Waals surface area contributed by atoms with E-state index in [-0.39, 0.29) is 50.4 Å². The summed E-state index contributed by atoms with van der Waals surface area (Å²) in [7, 11) is 0. The van der Waals surface area contributed by atoms with Gasteiger partial charge < -0.3 is 14.2 Å². The van der Waals surface area contributed by atoms with Gasteiger partial charge in [-0.05, 0) is 96.3 Å². The van der Waals surface area contributed by atoms with Crippen LogP contribution < -0.4 is 0 Å². The Kier molecular flexibility index (Phi) is 53.2. The second-order valence-electron chi connectivity index (χ2n) is 17.4. The molecule has 0 fully saturated rings. The summed E-state index contributed by atoms with van der Waals surface area (Å²) in [5, 5.41) is 0. The Labute approximate surface area is 439 Å². The molecule has 0 radical (unpaired) electrons. The van der Waals surface area contributed by atoms with Crippen LogP contribution in [-0.4, -0.2) is 37.2 Å². The third-order valence-electron chi connectivity index (χ3n) is 10.6. The topological polar surface area (TPSA) is 78.9 Å². The number of rotatable bonds is 46. The third-order valence-corrected chi connectivity index (χ3v) is 10.6. The first-order valence-electron chi connectivity index (χ1n) is 27.6. The Hall–Kier alpha value is -5.75. The predicted octanol–water partition coefficient (Wildman–Crippen LogP) is 18.7. The zero-order valence-corrected chi connectivity index (χ0v) is 45.1. The number of esters is 3. The summed E-state index contributed by atoms with van der Waals surface area (Å²) in [5.41, 5.74) is 0. The Morgan fingerprint density at radius 1 is 0.306 bits per heavy atom. The fraction of sp³-hybridized carbons (Fsp3) is 0.470. The molecule has 0 saturated carbocycles. The first-order chi connectivity index (χ1) is 35.5. The minimum atomic E-state index is -0.847. The number of carbonyl (C=O) groups excluding carboxylic acids is 3. The minimum absolute atomic E-state index is 0.142. The van der Waals surface area contributed by atoms with E-state index in [1.807, 2.05) is 109 Å². The van der Waals surface area contributed by atoms with Crippen molar-refractivity contribution in [2.24, 2.45) is 0 Å². The average Bonchev–Trinajstić information content (AvgIpc) is 3.38. The largest absolute Gasteiger partial charge is 0.462 e. The maximum atomic E-state index is 12.9. The lowest BCUT2D eigenvalue weighted by molar-refractivity contribution is -0.167. The minimum Gasteiger partial charge on any atom is -0.462 e. The molecule has 0 aromatic rings. The van der Waals surface area contributed by atoms with Gasteiger partial charge in [-0.25, -0.2) is 0 Å². The summed E-state index contributed by atoms with van der Waals surface area (Å²) in [5.74, 6) is -1.08. The molecule has 0 spiro atoms. The molecule has 396 valence electrons. The first-order valence-corrected chi connectivity index (χ1v) is 27.6. The molecule has 0 aliphatic rings. The van der Waals surface area contributed by atoms with Gasteiger partial charge in [-0.15, -0.1) is 0 Å². The predicted molar refractivity (Wildman–Crippen MR) is 310 cm³/mol. The van der Waals surface area contributed by atoms with Crippen LogP contribution in [-0.2, 0) is 28.6 Å². The summed E-state index contributed by atoms with van der Waals surface area (Å²) in [6.07, 6.45) is 88.3. The van der Waals surface area contributed by atoms with Gasteiger partial charge in [0, 0.05) is 19.3 Å². The van der Waals surface area contributed by atoms with Crippen LogP contribution in [0.25, 0.3) is 0 Å². The average molecular weight is 985 g/mol. The molecular formula is C66H96O6. The fourth-order valence-electron chi connectivity index (χ4n) is 6.50. The van der Waals surface area contributed by atoms with Gasteiger partial charge in [0.2, 0.25) is 0 Å². The zero-order chi connectivity index (χ0) is 52.2. The van der Waals surface area contributed by atoms with Gasteiger partial charge in [-0.1, -0.05) is 260 Å². The third kappa shape index (κ3) is 55.2. The normalized spacial score (nSPS) is 13.7. The highest BCUT2D eigenvalue weighted by Gasteiger charge is 2.19. The van der Waals surface area contributed by atoms with Crippen LogP contribution in [0.2, 0.25) is 0 Å². The number of hydrogen-bond acceptors (Lipinski definition) is 6. The molecule has 6 nitrogen and oxygen atoms in total. The lowest BCUT2D eigenvalue weighted by atomic mass is 10.1. The van der Waals surface area contributed by atoms with Gasteiger partial charge in [0.05, 0.1) is 0 Å². The van der Waals surface area contributed by atoms with Crippen LogP contribution in [0.4, 0.5) is 0 Å². The summed E-state index contributed by atoms with van der Waals surface area (Å²) in [6, 6.07) is 0. The standard InChI is InChI=1S/C66H96O6/c1-4-7-10-13-16-19-22-25-28-31-33-36-38-41-44-47-50-53-56-59-65(68)71-62-63(61-70-64(67)58-55-52-49-46-43-40-37-34-30-27-24-21-18-15-12-9-6-3)72-66(69)60-57-54-51-48-45-42-39-35-32-29-26-23-20-17-14-11-8-5-2/h7,10-11,13-14,16-23,25-33,35-41,44,46,49,63H,4-6,8-9,12,15,24,34,42-43,45,47-48,50-62H2,1-3H3/b10-7-,14-11-,16-13-,20-17-,21-18-,22-19-,26-23-,28-25-,30-27-,32-29-,33-31+,38-36-,39-35-,40-37-,44-41-,49-46-. The number of hydrogen-bond donors (Lipinski definition) is 0. The van der Waals surface area contributed by atoms with E-state index in [1.54, 1.807) is 0 Å². The number of carbonyl (C=O) groups is 3. The van der Waals surface area contributed by atoms with Gasteiger partial charge >= 0.3 is 17.9 Å². The fourth-order valence-corrected chi connectivity index (χ4v) is 6.50. The SMILES string of the molecule is CC\C=C/C=C\C=C/C=C\C=C\C=C/C=C\CCCCCC(=O)OCC(COC(=O)CCC/C=C\C/C=C\C/C=C\C/C=C\CCCCC)OC(=O)CCCCCCC\C=C/C=C\C=C/C=C\C=C/CCC. The van der Waals surface area contributed by atoms with E-state index >= 15 is 0 Å². The molecule has 72 heavy (non-hydrogen) atoms. The first kappa shape index (κ1) is 66.2. The maximum Gasteiger partial charge on any atom is 0.306 e. The molecule has 0 heterocycles. The van der Waals surface area contributed by atoms with E-state index in [4.69, 9.17) is 14.2 Å². The van der Waals surface area contributed by atoms with Crippen molar-refractivity contribution in [2.75, 3.05) is 13.2 Å². The highest BCUT2D eigenvalue weighted by Crippen LogP contribution is 2.11. The van der Waals surface area contributed by atoms with Crippen LogP contribution >= 0.6 is 0 Å². The van der Waals surface area contributed by atoms with Gasteiger partial charge in [0.1, 0.15) is 13.2 Å². The molecule has 0 aliphatic carbocycles. The molecule has 1 unspecified atom stereocenters. The summed E-state index contributed by atoms with van der Waals surface area (Å²) in [6.45, 7) is 6.23. The number of ether oxygens (including phenoxy) is 3. The highest BCUT2D eigenvalue weighted by atomic mass is 16.6. The summed E-state index contributed by atoms with van der Waals surface area (Å²) in [4.78, 5) is 38.1. The Morgan fingerprint density at radius 3 is 1.10 bits per heavy atom. The molecule has 0 rings (SSSR count). The van der Waals surface area contributed by atoms with Crippen molar-refractivity contribution in [1.82, 2.24) is 0 Å². The molecule has 0 aromatic heterocycles. The quantitative estimate of drug-likeness (QED) is 0.0199. The van der Waals surface area contributed by atoms with Crippen LogP contribution in [0.3, 0.4) is 0 Å². The van der Waals surface area contributed by atoms with E-state index < -0.39 is 6.10 Å². The monoisotopic (exact) mass is 985 g/mol. The second-order valence-corrected chi connectivity index (χ2v) is 17.4. The number of unbranched alkanes of at least 4 members (excludes halogenated alkanes) is 13. The van der Waals surface area contributed by atoms with E-state index in [0.29, 0.717) is 19.3 Å². The summed E-state index contributed by atoms with van der Waals surface area (Å²) >= 11 is 0. The smallest absolute Gasteiger partial charge is 0.306 e. The maximum absolute atomic E-state index is 12.9. The molecule has 1 atom stereocenters. The number of allylic oxidation sites excluding steroid dienone is 32. The molecule has 0 aromatic carbocycles. The van der Waals surface area contributed by atoms with Gasteiger partial charge in [-0.2, -0.15) is 0 Å². The highest BCUT2D eigenvalue weighted by molar-refractivity contribution is 5.71. The van der Waals surface area contributed by atoms with Gasteiger partial charge in [-0.3, -0.25) is 14.4 Å². The van der Waals surface area contributed by atoms with Crippen molar-refractivity contribution in [3.05, 3.63) is 194 Å². The van der Waals surface area contributed by atoms with E-state index in [2.05, 4.69) is 106 Å². The van der Waals surface area contributed by atoms with E-state index in [1.165, 1.54) is 32.1 Å². The Bertz CT molecular complexity index is 1800. The second kappa shape index (κ2) is 57.8. The Balaban J connectivity index is 4.69. The van der Waals surface area contributed by atoms with Crippen molar-refractivity contribution < 1.29 is 28.6 Å². The molecule has 0 amide bonds. The van der Waals surface area contributed by atoms with Crippen LogP contribution in [0.15, 0.2) is 194 Å². The van der Waals surface area contributed by atoms with Crippen molar-refractivity contribution >= 4 is 17.9 Å². The van der Waals surface area contributed by atoms with Gasteiger partial charge in [0.15, 0.2) is 6.10 Å². The lowest BCUT2D eigenvalue weighted by Gasteiger charge is -2.18. The molecule has 0 N–H and O–H groups in total. The van der Waals surface area contributed by atoms with Crippen molar-refractivity contribution in [2.45, 2.75) is 187 Å². The Morgan fingerprint density at radius 2 is 0.639 bits per heavy atom. The zero-order valence-electron chi connectivity index (χ0n) is 45.1. The molecule has 0 aliphatic heterocycles. The van der Waals surface area contributed by atoms with Crippen molar-refractivity contribution in [3.8, 4) is 0 Å². The van der Waals surface area contributed by atoms with E-state index in [0.717, 1.165) is 89.9 Å². The molecule has 0 saturated heterocycles. The lowest BCUT2D eigenvalue weighted by Crippen LogP contribution is -2.30. The van der Waals surface area contributed by atoms with Crippen LogP contribution in [0.5, 0.6) is 0 Å². The van der Waals surface area contributed by atoms with Crippen molar-refractivity contribution in [1.29, 1.82) is 0 Å². The van der Waals surface area contributed by atoms with E-state index in [9.17, 15) is 14.4 Å². The molecular weight excluding hydrogens is 889 g/mol. The van der Waals surface area contributed by atoms with Gasteiger partial charge in [0.25, 0.3) is 0 Å². The molecule has 6 heteroatoms. The van der Waals surface area contributed by atoms with Crippen LogP contribution in [0, 0.1) is 0 Å². The van der Waals surface area contributed by atoms with Crippen LogP contribution in [0.1, 0.15) is 181 Å². The summed E-state index contributed by atoms with van der Waals surface area (Å²) < 4.78 is 16.7. The van der Waals surface area contributed by atoms with Crippen molar-refractivity contribution in [3.63, 3.8) is 0 Å². The molecule has 0 bridgehead atoms.